The number of imidazole rings is 1. The molecular formula is C15H11N3O3S. The van der Waals surface area contributed by atoms with Gasteiger partial charge in [0.1, 0.15) is 0 Å². The van der Waals surface area contributed by atoms with E-state index >= 15 is 0 Å². The van der Waals surface area contributed by atoms with Crippen molar-refractivity contribution < 1.29 is 9.72 Å². The van der Waals surface area contributed by atoms with Gasteiger partial charge >= 0.3 is 0 Å². The number of benzene rings is 2. The Hall–Kier alpha value is -2.80. The van der Waals surface area contributed by atoms with E-state index in [-0.39, 0.29) is 18.0 Å². The summed E-state index contributed by atoms with van der Waals surface area (Å²) in [6.07, 6.45) is 0. The van der Waals surface area contributed by atoms with Crippen molar-refractivity contribution in [3.05, 3.63) is 69.0 Å². The Morgan fingerprint density at radius 3 is 2.77 bits per heavy atom. The number of ketones is 1. The van der Waals surface area contributed by atoms with Crippen molar-refractivity contribution in [3.8, 4) is 0 Å². The first-order chi connectivity index (χ1) is 10.6. The molecule has 3 rings (SSSR count). The summed E-state index contributed by atoms with van der Waals surface area (Å²) in [4.78, 5) is 25.7. The molecule has 22 heavy (non-hydrogen) atoms. The first-order valence-electron chi connectivity index (χ1n) is 6.51. The van der Waals surface area contributed by atoms with E-state index in [0.29, 0.717) is 10.3 Å². The maximum atomic E-state index is 12.4. The number of hydrogen-bond acceptors (Lipinski definition) is 4. The topological polar surface area (TPSA) is 80.9 Å². The van der Waals surface area contributed by atoms with Crippen LogP contribution in [0.3, 0.4) is 0 Å². The number of Topliss-reactive ketones (excluding diaryl/α,β-unsaturated/α-hetero) is 1. The molecule has 110 valence electrons. The number of nitro benzene ring substituents is 1. The minimum Gasteiger partial charge on any atom is -0.331 e. The molecule has 0 fully saturated rings. The van der Waals surface area contributed by atoms with Gasteiger partial charge in [0.05, 0.1) is 22.5 Å². The molecule has 0 aliphatic carbocycles. The summed E-state index contributed by atoms with van der Waals surface area (Å²) in [7, 11) is 0. The van der Waals surface area contributed by atoms with Crippen LogP contribution in [0.5, 0.6) is 0 Å². The fraction of sp³-hybridized carbons (Fsp3) is 0.0667. The molecule has 7 heteroatoms. The minimum atomic E-state index is -0.520. The number of nitrogens with zero attached hydrogens (tertiary/aromatic N) is 2. The molecule has 0 amide bonds. The Labute approximate surface area is 130 Å². The molecular weight excluding hydrogens is 302 g/mol. The van der Waals surface area contributed by atoms with Gasteiger partial charge in [-0.3, -0.25) is 14.9 Å². The number of para-hydroxylation sites is 2. The van der Waals surface area contributed by atoms with Crippen molar-refractivity contribution >= 4 is 34.7 Å². The van der Waals surface area contributed by atoms with Crippen LogP contribution in [0.1, 0.15) is 10.4 Å². The van der Waals surface area contributed by atoms with Gasteiger partial charge in [0.15, 0.2) is 10.6 Å². The van der Waals surface area contributed by atoms with Crippen molar-refractivity contribution in [2.24, 2.45) is 0 Å². The van der Waals surface area contributed by atoms with Crippen molar-refractivity contribution in [1.82, 2.24) is 9.55 Å². The quantitative estimate of drug-likeness (QED) is 0.346. The minimum absolute atomic E-state index is 0.0318. The average Bonchev–Trinajstić information content (AvgIpc) is 2.83. The van der Waals surface area contributed by atoms with Gasteiger partial charge in [-0.15, -0.1) is 0 Å². The second-order valence-electron chi connectivity index (χ2n) is 4.76. The number of carbonyl (C=O) groups excluding carboxylic acids is 1. The second kappa shape index (κ2) is 5.53. The first kappa shape index (κ1) is 14.2. The third kappa shape index (κ3) is 2.53. The van der Waals surface area contributed by atoms with E-state index in [1.54, 1.807) is 10.6 Å². The Bertz CT molecular complexity index is 942. The average molecular weight is 313 g/mol. The molecule has 0 spiro atoms. The van der Waals surface area contributed by atoms with Gasteiger partial charge in [0.2, 0.25) is 0 Å². The summed E-state index contributed by atoms with van der Waals surface area (Å²) >= 11 is 5.24. The molecule has 3 aromatic rings. The lowest BCUT2D eigenvalue weighted by Gasteiger charge is -2.04. The lowest BCUT2D eigenvalue weighted by atomic mass is 10.1. The van der Waals surface area contributed by atoms with Crippen LogP contribution in [-0.4, -0.2) is 20.3 Å². The zero-order chi connectivity index (χ0) is 15.7. The standard InChI is InChI=1S/C15H11N3O3S/c19-14(10-4-3-5-11(8-10)18(20)21)9-17-13-7-2-1-6-12(13)16-15(17)22/h1-8H,9H2,(H,16,22). The van der Waals surface area contributed by atoms with Crippen LogP contribution < -0.4 is 0 Å². The van der Waals surface area contributed by atoms with Crippen LogP contribution in [0.15, 0.2) is 48.5 Å². The summed E-state index contributed by atoms with van der Waals surface area (Å²) in [6.45, 7) is 0.0318. The summed E-state index contributed by atoms with van der Waals surface area (Å²) in [5, 5.41) is 10.8. The number of nitro groups is 1. The van der Waals surface area contributed by atoms with Gasteiger partial charge in [-0.2, -0.15) is 0 Å². The van der Waals surface area contributed by atoms with Gasteiger partial charge in [-0.05, 0) is 24.4 Å². The zero-order valence-electron chi connectivity index (χ0n) is 11.4. The maximum Gasteiger partial charge on any atom is 0.270 e. The van der Waals surface area contributed by atoms with Crippen LogP contribution in [0, 0.1) is 14.9 Å². The third-order valence-electron chi connectivity index (χ3n) is 3.36. The fourth-order valence-electron chi connectivity index (χ4n) is 2.29. The zero-order valence-corrected chi connectivity index (χ0v) is 12.2. The monoisotopic (exact) mass is 313 g/mol. The van der Waals surface area contributed by atoms with Crippen molar-refractivity contribution in [2.45, 2.75) is 6.54 Å². The molecule has 0 saturated carbocycles. The molecule has 1 N–H and O–H groups in total. The first-order valence-corrected chi connectivity index (χ1v) is 6.92. The molecule has 0 saturated heterocycles. The normalized spacial score (nSPS) is 10.7. The SMILES string of the molecule is O=C(Cn1c(=S)[nH]c2ccccc21)c1cccc([N+](=O)[O-])c1. The molecule has 0 aliphatic rings. The van der Waals surface area contributed by atoms with Gasteiger partial charge in [0, 0.05) is 17.7 Å². The van der Waals surface area contributed by atoms with Crippen molar-refractivity contribution in [3.63, 3.8) is 0 Å². The highest BCUT2D eigenvalue weighted by Crippen LogP contribution is 2.17. The van der Waals surface area contributed by atoms with E-state index in [0.717, 1.165) is 11.0 Å². The number of non-ortho nitro benzene ring substituents is 1. The number of hydrogen-bond donors (Lipinski definition) is 1. The van der Waals surface area contributed by atoms with Crippen LogP contribution in [0.4, 0.5) is 5.69 Å². The number of H-pyrrole nitrogens is 1. The summed E-state index contributed by atoms with van der Waals surface area (Å²) in [5.41, 5.74) is 1.86. The number of aromatic amines is 1. The van der Waals surface area contributed by atoms with Crippen LogP contribution in [-0.2, 0) is 6.54 Å². The Morgan fingerprint density at radius 2 is 2.00 bits per heavy atom. The number of rotatable bonds is 4. The summed E-state index contributed by atoms with van der Waals surface area (Å²) in [5.74, 6) is -0.232. The largest absolute Gasteiger partial charge is 0.331 e. The molecule has 2 aromatic carbocycles. The van der Waals surface area contributed by atoms with Gasteiger partial charge < -0.3 is 9.55 Å². The Balaban J connectivity index is 1.97. The number of aromatic nitrogens is 2. The Kier molecular flexibility index (Phi) is 3.56. The predicted octanol–water partition coefficient (Wildman–Crippen LogP) is 3.49. The lowest BCUT2D eigenvalue weighted by molar-refractivity contribution is -0.384. The van der Waals surface area contributed by atoms with E-state index in [1.165, 1.54) is 18.2 Å². The molecule has 6 nitrogen and oxygen atoms in total. The van der Waals surface area contributed by atoms with Gasteiger partial charge in [-0.25, -0.2) is 0 Å². The van der Waals surface area contributed by atoms with Gasteiger partial charge in [0.25, 0.3) is 5.69 Å². The lowest BCUT2D eigenvalue weighted by Crippen LogP contribution is -2.10. The molecule has 0 aliphatic heterocycles. The highest BCUT2D eigenvalue weighted by atomic mass is 32.1. The highest BCUT2D eigenvalue weighted by molar-refractivity contribution is 7.71. The smallest absolute Gasteiger partial charge is 0.270 e. The summed E-state index contributed by atoms with van der Waals surface area (Å²) < 4.78 is 2.13. The van der Waals surface area contributed by atoms with E-state index < -0.39 is 4.92 Å². The van der Waals surface area contributed by atoms with Crippen molar-refractivity contribution in [1.29, 1.82) is 0 Å². The number of nitrogens with one attached hydrogen (secondary N) is 1. The second-order valence-corrected chi connectivity index (χ2v) is 5.15. The molecule has 0 radical (unpaired) electrons. The summed E-state index contributed by atoms with van der Waals surface area (Å²) in [6, 6.07) is 13.2. The number of carbonyl (C=O) groups is 1. The molecule has 0 bridgehead atoms. The third-order valence-corrected chi connectivity index (χ3v) is 3.68. The molecule has 0 atom stereocenters. The van der Waals surface area contributed by atoms with Crippen LogP contribution in [0.2, 0.25) is 0 Å². The van der Waals surface area contributed by atoms with E-state index in [4.69, 9.17) is 12.2 Å². The van der Waals surface area contributed by atoms with Crippen LogP contribution >= 0.6 is 12.2 Å². The van der Waals surface area contributed by atoms with Crippen LogP contribution in [0.25, 0.3) is 11.0 Å². The number of fused-ring (bicyclic) bond motifs is 1. The highest BCUT2D eigenvalue weighted by Gasteiger charge is 2.14. The predicted molar refractivity (Wildman–Crippen MR) is 84.5 cm³/mol. The molecule has 0 unspecified atom stereocenters. The Morgan fingerprint density at radius 1 is 1.23 bits per heavy atom. The van der Waals surface area contributed by atoms with E-state index in [9.17, 15) is 14.9 Å². The maximum absolute atomic E-state index is 12.4. The van der Waals surface area contributed by atoms with Crippen molar-refractivity contribution in [2.75, 3.05) is 0 Å². The van der Waals surface area contributed by atoms with Gasteiger partial charge in [-0.1, -0.05) is 24.3 Å². The van der Waals surface area contributed by atoms with E-state index in [1.807, 2.05) is 24.3 Å². The molecule has 1 heterocycles. The van der Waals surface area contributed by atoms with E-state index in [2.05, 4.69) is 4.98 Å². The fourth-order valence-corrected chi connectivity index (χ4v) is 2.56. The molecule has 1 aromatic heterocycles.